The van der Waals surface area contributed by atoms with E-state index in [4.69, 9.17) is 11.6 Å². The van der Waals surface area contributed by atoms with Crippen molar-refractivity contribution in [2.45, 2.75) is 51.5 Å². The number of anilines is 1. The monoisotopic (exact) mass is 473 g/mol. The van der Waals surface area contributed by atoms with Crippen molar-refractivity contribution in [3.63, 3.8) is 0 Å². The van der Waals surface area contributed by atoms with Gasteiger partial charge in [0.15, 0.2) is 5.13 Å². The highest BCUT2D eigenvalue weighted by Gasteiger charge is 2.28. The van der Waals surface area contributed by atoms with Gasteiger partial charge < -0.3 is 9.88 Å². The number of aromatic nitrogens is 2. The highest BCUT2D eigenvalue weighted by Crippen LogP contribution is 2.32. The van der Waals surface area contributed by atoms with Crippen molar-refractivity contribution < 1.29 is 9.18 Å². The molecule has 1 amide bonds. The number of nitrogens with zero attached hydrogens (tertiary/aromatic N) is 2. The van der Waals surface area contributed by atoms with Gasteiger partial charge in [0.1, 0.15) is 11.9 Å². The minimum Gasteiger partial charge on any atom is -0.300 e. The van der Waals surface area contributed by atoms with Gasteiger partial charge in [0.25, 0.3) is 5.56 Å². The van der Waals surface area contributed by atoms with E-state index in [1.165, 1.54) is 36.0 Å². The molecular formula is C24H25ClFN3O2S. The molecule has 2 aromatic heterocycles. The van der Waals surface area contributed by atoms with Crippen molar-refractivity contribution in [1.29, 1.82) is 0 Å². The maximum Gasteiger partial charge on any atom is 0.252 e. The first-order valence-corrected chi connectivity index (χ1v) is 12.1. The molecule has 2 heterocycles. The number of amides is 1. The second-order valence-corrected chi connectivity index (χ2v) is 9.61. The molecular weight excluding hydrogens is 449 g/mol. The molecule has 0 bridgehead atoms. The molecule has 1 atom stereocenters. The maximum atomic E-state index is 13.6. The number of pyridine rings is 1. The van der Waals surface area contributed by atoms with E-state index in [9.17, 15) is 14.0 Å². The Balaban J connectivity index is 1.69. The van der Waals surface area contributed by atoms with Crippen LogP contribution in [0.4, 0.5) is 9.52 Å². The molecule has 4 rings (SSSR count). The van der Waals surface area contributed by atoms with E-state index in [0.717, 1.165) is 25.7 Å². The van der Waals surface area contributed by atoms with Crippen LogP contribution in [0.15, 0.2) is 46.7 Å². The zero-order chi connectivity index (χ0) is 22.7. The Bertz CT molecular complexity index is 1160. The highest BCUT2D eigenvalue weighted by molar-refractivity contribution is 7.13. The Labute approximate surface area is 195 Å². The Morgan fingerprint density at radius 1 is 1.25 bits per heavy atom. The van der Waals surface area contributed by atoms with E-state index < -0.39 is 11.9 Å². The maximum absolute atomic E-state index is 13.6. The van der Waals surface area contributed by atoms with Crippen molar-refractivity contribution >= 4 is 34.0 Å². The van der Waals surface area contributed by atoms with Gasteiger partial charge in [-0.05, 0) is 48.6 Å². The summed E-state index contributed by atoms with van der Waals surface area (Å²) in [4.78, 5) is 30.7. The summed E-state index contributed by atoms with van der Waals surface area (Å²) in [5.41, 5.74) is 1.70. The molecule has 0 spiro atoms. The fourth-order valence-corrected chi connectivity index (χ4v) is 5.21. The number of benzene rings is 1. The summed E-state index contributed by atoms with van der Waals surface area (Å²) >= 11 is 7.27. The van der Waals surface area contributed by atoms with Gasteiger partial charge in [0, 0.05) is 23.3 Å². The van der Waals surface area contributed by atoms with Gasteiger partial charge in [-0.15, -0.1) is 11.3 Å². The van der Waals surface area contributed by atoms with Crippen LogP contribution in [0.5, 0.6) is 0 Å². The summed E-state index contributed by atoms with van der Waals surface area (Å²) in [5.74, 6) is -0.335. The predicted molar refractivity (Wildman–Crippen MR) is 127 cm³/mol. The molecule has 0 saturated heterocycles. The molecule has 32 heavy (non-hydrogen) atoms. The van der Waals surface area contributed by atoms with Gasteiger partial charge >= 0.3 is 0 Å². The van der Waals surface area contributed by atoms with Crippen molar-refractivity contribution in [3.05, 3.63) is 68.8 Å². The van der Waals surface area contributed by atoms with Crippen LogP contribution in [0.2, 0.25) is 5.02 Å². The van der Waals surface area contributed by atoms with Crippen molar-refractivity contribution in [2.75, 3.05) is 5.32 Å². The molecule has 1 N–H and O–H groups in total. The van der Waals surface area contributed by atoms with E-state index in [1.807, 2.05) is 13.0 Å². The van der Waals surface area contributed by atoms with Crippen LogP contribution in [0.3, 0.4) is 0 Å². The summed E-state index contributed by atoms with van der Waals surface area (Å²) in [6.45, 7) is 1.82. The number of thiazole rings is 1. The predicted octanol–water partition coefficient (Wildman–Crippen LogP) is 6.22. The zero-order valence-electron chi connectivity index (χ0n) is 17.8. The third kappa shape index (κ3) is 5.10. The molecule has 1 saturated carbocycles. The average Bonchev–Trinajstić information content (AvgIpc) is 3.28. The van der Waals surface area contributed by atoms with Crippen LogP contribution in [-0.2, 0) is 4.79 Å². The van der Waals surface area contributed by atoms with Gasteiger partial charge in [0.05, 0.1) is 5.02 Å². The molecule has 1 unspecified atom stereocenters. The normalized spacial score (nSPS) is 15.5. The lowest BCUT2D eigenvalue weighted by Gasteiger charge is -2.28. The molecule has 1 aliphatic rings. The van der Waals surface area contributed by atoms with Crippen LogP contribution in [-0.4, -0.2) is 15.5 Å². The summed E-state index contributed by atoms with van der Waals surface area (Å²) in [6.07, 6.45) is 7.92. The number of hydrogen-bond acceptors (Lipinski definition) is 4. The topological polar surface area (TPSA) is 64.0 Å². The molecule has 168 valence electrons. The van der Waals surface area contributed by atoms with Crippen LogP contribution in [0.1, 0.15) is 50.3 Å². The lowest BCUT2D eigenvalue weighted by molar-refractivity contribution is -0.120. The van der Waals surface area contributed by atoms with Crippen molar-refractivity contribution in [1.82, 2.24) is 9.55 Å². The van der Waals surface area contributed by atoms with Crippen LogP contribution in [0.25, 0.3) is 11.1 Å². The van der Waals surface area contributed by atoms with Crippen molar-refractivity contribution in [2.24, 2.45) is 5.92 Å². The number of carbonyl (C=O) groups is 1. The van der Waals surface area contributed by atoms with Gasteiger partial charge in [-0.1, -0.05) is 49.8 Å². The third-order valence-electron chi connectivity index (χ3n) is 6.07. The fraction of sp³-hybridized carbons (Fsp3) is 0.375. The Morgan fingerprint density at radius 2 is 2.03 bits per heavy atom. The molecule has 8 heteroatoms. The Hall–Kier alpha value is -2.51. The minimum absolute atomic E-state index is 0.00216. The second-order valence-electron chi connectivity index (χ2n) is 8.30. The fourth-order valence-electron chi connectivity index (χ4n) is 4.50. The summed E-state index contributed by atoms with van der Waals surface area (Å²) in [6, 6.07) is 7.08. The quantitative estimate of drug-likeness (QED) is 0.462. The first kappa shape index (κ1) is 22.7. The lowest BCUT2D eigenvalue weighted by atomic mass is 9.84. The lowest BCUT2D eigenvalue weighted by Crippen LogP contribution is -2.36. The van der Waals surface area contributed by atoms with Gasteiger partial charge in [-0.3, -0.25) is 9.59 Å². The molecule has 1 fully saturated rings. The number of rotatable bonds is 6. The summed E-state index contributed by atoms with van der Waals surface area (Å²) < 4.78 is 15.1. The van der Waals surface area contributed by atoms with E-state index in [-0.39, 0.29) is 16.5 Å². The number of aryl methyl sites for hydroxylation is 1. The van der Waals surface area contributed by atoms with Crippen LogP contribution >= 0.6 is 22.9 Å². The number of carbonyl (C=O) groups excluding carboxylic acids is 1. The summed E-state index contributed by atoms with van der Waals surface area (Å²) in [5, 5.41) is 5.19. The number of hydrogen-bond donors (Lipinski definition) is 1. The first-order valence-electron chi connectivity index (χ1n) is 10.8. The van der Waals surface area contributed by atoms with Gasteiger partial charge in [-0.2, -0.15) is 0 Å². The van der Waals surface area contributed by atoms with Gasteiger partial charge in [-0.25, -0.2) is 9.37 Å². The molecule has 1 aliphatic carbocycles. The Kier molecular flexibility index (Phi) is 7.06. The zero-order valence-corrected chi connectivity index (χ0v) is 19.4. The molecule has 3 aromatic rings. The third-order valence-corrected chi connectivity index (χ3v) is 7.05. The SMILES string of the molecule is Cc1cc(-c2ccc(F)c(Cl)c2)cc(=O)n1C(CC1CCCCC1)C(=O)Nc1nccs1. The molecule has 0 radical (unpaired) electrons. The second kappa shape index (κ2) is 9.96. The van der Waals surface area contributed by atoms with Gasteiger partial charge in [0.2, 0.25) is 5.91 Å². The van der Waals surface area contributed by atoms with Crippen molar-refractivity contribution in [3.8, 4) is 11.1 Å². The van der Waals surface area contributed by atoms with E-state index in [1.54, 1.807) is 22.2 Å². The first-order chi connectivity index (χ1) is 15.4. The molecule has 1 aromatic carbocycles. The van der Waals surface area contributed by atoms with Crippen LogP contribution in [0, 0.1) is 18.7 Å². The average molecular weight is 474 g/mol. The van der Waals surface area contributed by atoms with E-state index in [0.29, 0.717) is 34.3 Å². The molecule has 0 aliphatic heterocycles. The number of halogens is 2. The van der Waals surface area contributed by atoms with Crippen LogP contribution < -0.4 is 10.9 Å². The standard InChI is InChI=1S/C24H25ClFN3O2S/c1-15-11-18(17-7-8-20(26)19(25)13-17)14-22(30)29(15)21(12-16-5-3-2-4-6-16)23(31)28-24-27-9-10-32-24/h7-11,13-14,16,21H,2-6,12H2,1H3,(H,27,28,31). The Morgan fingerprint density at radius 3 is 2.69 bits per heavy atom. The smallest absolute Gasteiger partial charge is 0.252 e. The largest absolute Gasteiger partial charge is 0.300 e. The summed E-state index contributed by atoms with van der Waals surface area (Å²) in [7, 11) is 0. The minimum atomic E-state index is -0.625. The van der Waals surface area contributed by atoms with E-state index in [2.05, 4.69) is 10.3 Å². The molecule has 5 nitrogen and oxygen atoms in total. The highest BCUT2D eigenvalue weighted by atomic mass is 35.5. The van der Waals surface area contributed by atoms with E-state index >= 15 is 0 Å². The number of nitrogens with one attached hydrogen (secondary N) is 1.